The van der Waals surface area contributed by atoms with E-state index in [9.17, 15) is 23.1 Å². The number of thiazole rings is 1. The topological polar surface area (TPSA) is 54.6 Å². The van der Waals surface area contributed by atoms with Gasteiger partial charge in [0.15, 0.2) is 4.96 Å². The smallest absolute Gasteiger partial charge is 0.416 e. The van der Waals surface area contributed by atoms with Crippen LogP contribution in [0.25, 0.3) is 16.2 Å². The van der Waals surface area contributed by atoms with Crippen LogP contribution in [0, 0.1) is 0 Å². The van der Waals surface area contributed by atoms with Crippen molar-refractivity contribution in [1.29, 1.82) is 0 Å². The van der Waals surface area contributed by atoms with Gasteiger partial charge in [-0.15, -0.1) is 0 Å². The molecule has 0 aliphatic carbocycles. The molecule has 0 amide bonds. The van der Waals surface area contributed by atoms with E-state index in [1.54, 1.807) is 10.6 Å². The van der Waals surface area contributed by atoms with Crippen LogP contribution >= 0.6 is 11.3 Å². The van der Waals surface area contributed by atoms with Crippen molar-refractivity contribution < 1.29 is 23.1 Å². The lowest BCUT2D eigenvalue weighted by Gasteiger charge is -2.08. The van der Waals surface area contributed by atoms with E-state index in [0.717, 1.165) is 23.5 Å². The van der Waals surface area contributed by atoms with Crippen molar-refractivity contribution in [3.05, 3.63) is 47.1 Å². The summed E-state index contributed by atoms with van der Waals surface area (Å²) >= 11 is 0.973. The Morgan fingerprint density at radius 2 is 1.90 bits per heavy atom. The average molecular weight is 312 g/mol. The van der Waals surface area contributed by atoms with Crippen molar-refractivity contribution in [3.63, 3.8) is 0 Å². The van der Waals surface area contributed by atoms with Crippen LogP contribution in [0.15, 0.2) is 36.7 Å². The fourth-order valence-corrected chi connectivity index (χ4v) is 2.96. The van der Waals surface area contributed by atoms with Gasteiger partial charge in [0.05, 0.1) is 11.3 Å². The molecular formula is C13H7F3N2O2S. The van der Waals surface area contributed by atoms with Crippen molar-refractivity contribution in [2.45, 2.75) is 6.18 Å². The Balaban J connectivity index is 2.17. The standard InChI is InChI=1S/C13H7F3N2O2S/c14-13(15,16)8-3-1-7(2-4-8)9-10(11(19)20)21-12-17-5-6-18(9)12/h1-6H,(H,19,20). The number of rotatable bonds is 2. The van der Waals surface area contributed by atoms with Gasteiger partial charge in [-0.25, -0.2) is 9.78 Å². The Hall–Kier alpha value is -2.35. The molecule has 2 heterocycles. The molecule has 0 saturated heterocycles. The van der Waals surface area contributed by atoms with Crippen LogP contribution in [0.3, 0.4) is 0 Å². The molecule has 0 atom stereocenters. The average Bonchev–Trinajstić information content (AvgIpc) is 2.97. The van der Waals surface area contributed by atoms with Crippen LogP contribution in [-0.2, 0) is 6.18 Å². The lowest BCUT2D eigenvalue weighted by Crippen LogP contribution is -2.04. The van der Waals surface area contributed by atoms with E-state index in [4.69, 9.17) is 0 Å². The zero-order valence-electron chi connectivity index (χ0n) is 10.3. The van der Waals surface area contributed by atoms with Crippen LogP contribution in [0.1, 0.15) is 15.2 Å². The number of carboxylic acids is 1. The van der Waals surface area contributed by atoms with E-state index in [2.05, 4.69) is 4.98 Å². The Bertz CT molecular complexity index is 818. The normalized spacial score (nSPS) is 12.0. The predicted octanol–water partition coefficient (Wildman–Crippen LogP) is 3.78. The van der Waals surface area contributed by atoms with E-state index in [1.165, 1.54) is 18.3 Å². The number of imidazole rings is 1. The van der Waals surface area contributed by atoms with Gasteiger partial charge in [0.1, 0.15) is 4.88 Å². The predicted molar refractivity (Wildman–Crippen MR) is 70.5 cm³/mol. The maximum absolute atomic E-state index is 12.6. The fraction of sp³-hybridized carbons (Fsp3) is 0.0769. The molecule has 8 heteroatoms. The number of benzene rings is 1. The number of alkyl halides is 3. The number of carboxylic acid groups (broad SMARTS) is 1. The van der Waals surface area contributed by atoms with Crippen LogP contribution in [-0.4, -0.2) is 20.5 Å². The van der Waals surface area contributed by atoms with E-state index in [0.29, 0.717) is 16.2 Å². The Morgan fingerprint density at radius 3 is 2.48 bits per heavy atom. The van der Waals surface area contributed by atoms with Gasteiger partial charge in [-0.3, -0.25) is 4.40 Å². The summed E-state index contributed by atoms with van der Waals surface area (Å²) in [5.74, 6) is -1.14. The molecule has 0 radical (unpaired) electrons. The highest BCUT2D eigenvalue weighted by molar-refractivity contribution is 7.19. The molecule has 1 N–H and O–H groups in total. The summed E-state index contributed by atoms with van der Waals surface area (Å²) in [7, 11) is 0. The number of hydrogen-bond acceptors (Lipinski definition) is 3. The molecule has 0 unspecified atom stereocenters. The summed E-state index contributed by atoms with van der Waals surface area (Å²) in [6, 6.07) is 4.39. The Labute approximate surface area is 120 Å². The van der Waals surface area contributed by atoms with Gasteiger partial charge in [-0.1, -0.05) is 23.5 Å². The van der Waals surface area contributed by atoms with Gasteiger partial charge in [0.2, 0.25) is 0 Å². The minimum atomic E-state index is -4.42. The van der Waals surface area contributed by atoms with Gasteiger partial charge in [-0.2, -0.15) is 13.2 Å². The Morgan fingerprint density at radius 1 is 1.24 bits per heavy atom. The van der Waals surface area contributed by atoms with E-state index < -0.39 is 17.7 Å². The van der Waals surface area contributed by atoms with Gasteiger partial charge in [0, 0.05) is 18.0 Å². The van der Waals surface area contributed by atoms with Gasteiger partial charge in [0.25, 0.3) is 0 Å². The van der Waals surface area contributed by atoms with Crippen LogP contribution in [0.2, 0.25) is 0 Å². The second kappa shape index (κ2) is 4.59. The molecule has 3 rings (SSSR count). The highest BCUT2D eigenvalue weighted by Crippen LogP contribution is 2.34. The maximum atomic E-state index is 12.6. The molecule has 0 fully saturated rings. The summed E-state index contributed by atoms with van der Waals surface area (Å²) in [5.41, 5.74) is -0.0568. The summed E-state index contributed by atoms with van der Waals surface area (Å²) < 4.78 is 39.2. The summed E-state index contributed by atoms with van der Waals surface area (Å²) in [5, 5.41) is 9.22. The fourth-order valence-electron chi connectivity index (χ4n) is 2.02. The van der Waals surface area contributed by atoms with Crippen molar-refractivity contribution in [2.24, 2.45) is 0 Å². The first-order valence-corrected chi connectivity index (χ1v) is 6.56. The van der Waals surface area contributed by atoms with Crippen molar-refractivity contribution in [3.8, 4) is 11.3 Å². The first-order chi connectivity index (χ1) is 9.88. The third kappa shape index (κ3) is 2.27. The van der Waals surface area contributed by atoms with E-state index in [1.807, 2.05) is 0 Å². The lowest BCUT2D eigenvalue weighted by atomic mass is 10.1. The zero-order valence-corrected chi connectivity index (χ0v) is 11.1. The summed E-state index contributed by atoms with van der Waals surface area (Å²) in [6.07, 6.45) is -1.34. The Kier molecular flexibility index (Phi) is 2.98. The molecule has 3 aromatic rings. The van der Waals surface area contributed by atoms with Gasteiger partial charge in [-0.05, 0) is 12.1 Å². The molecule has 1 aromatic carbocycles. The third-order valence-corrected chi connectivity index (χ3v) is 3.99. The molecule has 4 nitrogen and oxygen atoms in total. The molecule has 21 heavy (non-hydrogen) atoms. The number of hydrogen-bond donors (Lipinski definition) is 1. The molecule has 2 aromatic heterocycles. The third-order valence-electron chi connectivity index (χ3n) is 2.94. The molecular weight excluding hydrogens is 305 g/mol. The number of aromatic carboxylic acids is 1. The van der Waals surface area contributed by atoms with Gasteiger partial charge < -0.3 is 5.11 Å². The number of carbonyl (C=O) groups is 1. The quantitative estimate of drug-likeness (QED) is 0.783. The number of nitrogens with zero attached hydrogens (tertiary/aromatic N) is 2. The first-order valence-electron chi connectivity index (χ1n) is 5.74. The molecule has 0 aliphatic rings. The number of fused-ring (bicyclic) bond motifs is 1. The lowest BCUT2D eigenvalue weighted by molar-refractivity contribution is -0.137. The van der Waals surface area contributed by atoms with Crippen LogP contribution in [0.5, 0.6) is 0 Å². The van der Waals surface area contributed by atoms with E-state index >= 15 is 0 Å². The SMILES string of the molecule is O=C(O)c1sc2nccn2c1-c1ccc(C(F)(F)F)cc1. The molecule has 0 saturated carbocycles. The molecule has 0 aliphatic heterocycles. The molecule has 0 spiro atoms. The molecule has 108 valence electrons. The zero-order chi connectivity index (χ0) is 15.2. The largest absolute Gasteiger partial charge is 0.477 e. The second-order valence-corrected chi connectivity index (χ2v) is 5.22. The second-order valence-electron chi connectivity index (χ2n) is 4.24. The minimum Gasteiger partial charge on any atom is -0.477 e. The highest BCUT2D eigenvalue weighted by Gasteiger charge is 2.30. The highest BCUT2D eigenvalue weighted by atomic mass is 32.1. The summed E-state index contributed by atoms with van der Waals surface area (Å²) in [6.45, 7) is 0. The van der Waals surface area contributed by atoms with Gasteiger partial charge >= 0.3 is 12.1 Å². The van der Waals surface area contributed by atoms with Crippen LogP contribution < -0.4 is 0 Å². The molecule has 0 bridgehead atoms. The number of halogens is 3. The number of aromatic nitrogens is 2. The van der Waals surface area contributed by atoms with Crippen molar-refractivity contribution >= 4 is 22.3 Å². The summed E-state index contributed by atoms with van der Waals surface area (Å²) in [4.78, 5) is 15.8. The maximum Gasteiger partial charge on any atom is 0.416 e. The minimum absolute atomic E-state index is 0.0397. The van der Waals surface area contributed by atoms with Crippen LogP contribution in [0.4, 0.5) is 13.2 Å². The van der Waals surface area contributed by atoms with Crippen molar-refractivity contribution in [1.82, 2.24) is 9.38 Å². The monoisotopic (exact) mass is 312 g/mol. The van der Waals surface area contributed by atoms with E-state index in [-0.39, 0.29) is 4.88 Å². The first kappa shape index (κ1) is 13.6. The van der Waals surface area contributed by atoms with Crippen molar-refractivity contribution in [2.75, 3.05) is 0 Å².